The number of anilines is 1. The van der Waals surface area contributed by atoms with Crippen LogP contribution in [0.1, 0.15) is 5.56 Å². The molecule has 0 unspecified atom stereocenters. The van der Waals surface area contributed by atoms with E-state index in [2.05, 4.69) is 20.5 Å². The third-order valence-corrected chi connectivity index (χ3v) is 3.80. The van der Waals surface area contributed by atoms with Crippen molar-refractivity contribution in [3.63, 3.8) is 0 Å². The van der Waals surface area contributed by atoms with E-state index in [1.165, 1.54) is 10.7 Å². The van der Waals surface area contributed by atoms with Crippen LogP contribution in [0.5, 0.6) is 0 Å². The Labute approximate surface area is 141 Å². The molecule has 0 amide bonds. The van der Waals surface area contributed by atoms with Crippen LogP contribution in [0.25, 0.3) is 28.7 Å². The minimum absolute atomic E-state index is 0.116. The highest BCUT2D eigenvalue weighted by molar-refractivity contribution is 5.67. The Morgan fingerprint density at radius 1 is 1.08 bits per heavy atom. The summed E-state index contributed by atoms with van der Waals surface area (Å²) in [5, 5.41) is 11.8. The van der Waals surface area contributed by atoms with Gasteiger partial charge in [-0.2, -0.15) is 9.67 Å². The Morgan fingerprint density at radius 3 is 2.64 bits per heavy atom. The number of hydrogen-bond acceptors (Lipinski definition) is 6. The molecule has 2 N–H and O–H groups in total. The molecule has 7 nitrogen and oxygen atoms in total. The number of nitrogens with zero attached hydrogens (tertiary/aromatic N) is 5. The van der Waals surface area contributed by atoms with Crippen LogP contribution in [-0.2, 0) is 0 Å². The van der Waals surface area contributed by atoms with Crippen LogP contribution in [0.4, 0.5) is 10.2 Å². The van der Waals surface area contributed by atoms with Gasteiger partial charge in [0.05, 0.1) is 0 Å². The Balaban J connectivity index is 1.75. The number of aryl methyl sites for hydroxylation is 1. The summed E-state index contributed by atoms with van der Waals surface area (Å²) in [5.41, 5.74) is 8.31. The monoisotopic (exact) mass is 336 g/mol. The second-order valence-corrected chi connectivity index (χ2v) is 5.42. The first kappa shape index (κ1) is 15.0. The average molecular weight is 336 g/mol. The van der Waals surface area contributed by atoms with Gasteiger partial charge in [-0.15, -0.1) is 5.10 Å². The van der Waals surface area contributed by atoms with Crippen molar-refractivity contribution in [1.29, 1.82) is 0 Å². The summed E-state index contributed by atoms with van der Waals surface area (Å²) in [6.07, 6.45) is 0. The Morgan fingerprint density at radius 2 is 1.84 bits per heavy atom. The van der Waals surface area contributed by atoms with Gasteiger partial charge in [-0.1, -0.05) is 46.8 Å². The molecule has 25 heavy (non-hydrogen) atoms. The maximum Gasteiger partial charge on any atom is 0.282 e. The van der Waals surface area contributed by atoms with E-state index < -0.39 is 5.82 Å². The molecule has 0 aliphatic carbocycles. The van der Waals surface area contributed by atoms with Gasteiger partial charge in [0.2, 0.25) is 5.82 Å². The molecule has 0 aliphatic rings. The number of benzene rings is 2. The van der Waals surface area contributed by atoms with E-state index in [1.54, 1.807) is 18.2 Å². The van der Waals surface area contributed by atoms with E-state index in [0.29, 0.717) is 5.82 Å². The average Bonchev–Trinajstić information content (AvgIpc) is 3.23. The minimum Gasteiger partial charge on any atom is -0.382 e. The van der Waals surface area contributed by atoms with Crippen molar-refractivity contribution < 1.29 is 8.91 Å². The zero-order valence-electron chi connectivity index (χ0n) is 13.2. The fourth-order valence-corrected chi connectivity index (χ4v) is 2.50. The third kappa shape index (κ3) is 2.53. The van der Waals surface area contributed by atoms with E-state index in [0.717, 1.165) is 11.1 Å². The number of aromatic nitrogens is 5. The van der Waals surface area contributed by atoms with Crippen LogP contribution < -0.4 is 5.73 Å². The molecule has 0 saturated heterocycles. The van der Waals surface area contributed by atoms with Gasteiger partial charge < -0.3 is 10.3 Å². The van der Waals surface area contributed by atoms with Crippen molar-refractivity contribution in [1.82, 2.24) is 25.1 Å². The molecule has 0 atom stereocenters. The summed E-state index contributed by atoms with van der Waals surface area (Å²) in [4.78, 5) is 4.33. The first-order valence-corrected chi connectivity index (χ1v) is 7.51. The molecular formula is C17H13FN6O. The number of rotatable bonds is 3. The number of nitrogen functional groups attached to an aromatic ring is 1. The smallest absolute Gasteiger partial charge is 0.282 e. The lowest BCUT2D eigenvalue weighted by atomic mass is 10.1. The molecule has 0 radical (unpaired) electrons. The second kappa shape index (κ2) is 5.82. The maximum absolute atomic E-state index is 13.9. The molecule has 2 aromatic heterocycles. The molecule has 0 bridgehead atoms. The minimum atomic E-state index is -0.461. The van der Waals surface area contributed by atoms with E-state index in [9.17, 15) is 4.39 Å². The molecular weight excluding hydrogens is 323 g/mol. The zero-order chi connectivity index (χ0) is 17.4. The molecule has 4 aromatic rings. The van der Waals surface area contributed by atoms with E-state index in [-0.39, 0.29) is 23.1 Å². The lowest BCUT2D eigenvalue weighted by Crippen LogP contribution is -2.04. The van der Waals surface area contributed by atoms with Gasteiger partial charge in [0.25, 0.3) is 5.89 Å². The first-order chi connectivity index (χ1) is 12.1. The summed E-state index contributed by atoms with van der Waals surface area (Å²) < 4.78 is 20.4. The van der Waals surface area contributed by atoms with Crippen molar-refractivity contribution in [3.05, 3.63) is 59.9 Å². The van der Waals surface area contributed by atoms with Crippen molar-refractivity contribution >= 4 is 5.82 Å². The number of nitrogens with two attached hydrogens (primary N) is 1. The summed E-state index contributed by atoms with van der Waals surface area (Å²) >= 11 is 0. The largest absolute Gasteiger partial charge is 0.382 e. The number of hydrogen-bond donors (Lipinski definition) is 1. The summed E-state index contributed by atoms with van der Waals surface area (Å²) in [5.74, 6) is 0.202. The van der Waals surface area contributed by atoms with Gasteiger partial charge in [0.1, 0.15) is 11.5 Å². The van der Waals surface area contributed by atoms with Gasteiger partial charge in [-0.05, 0) is 24.6 Å². The molecule has 2 aromatic carbocycles. The lowest BCUT2D eigenvalue weighted by molar-refractivity contribution is 0.431. The van der Waals surface area contributed by atoms with Gasteiger partial charge in [-0.3, -0.25) is 0 Å². The maximum atomic E-state index is 13.9. The van der Waals surface area contributed by atoms with Gasteiger partial charge >= 0.3 is 0 Å². The number of para-hydroxylation sites is 1. The predicted molar refractivity (Wildman–Crippen MR) is 89.2 cm³/mol. The quantitative estimate of drug-likeness (QED) is 0.618. The standard InChI is InChI=1S/C17H13FN6O/c1-10-6-2-3-7-11(10)16-20-17(25-22-16)14-15(19)24(23-21-14)13-9-5-4-8-12(13)18/h2-9H,19H2,1H3. The normalized spacial score (nSPS) is 11.0. The van der Waals surface area contributed by atoms with Crippen LogP contribution >= 0.6 is 0 Å². The Hall–Kier alpha value is -3.55. The Bertz CT molecular complexity index is 1050. The molecule has 124 valence electrons. The van der Waals surface area contributed by atoms with E-state index in [1.807, 2.05) is 31.2 Å². The molecule has 0 saturated carbocycles. The van der Waals surface area contributed by atoms with E-state index in [4.69, 9.17) is 10.3 Å². The highest BCUT2D eigenvalue weighted by atomic mass is 19.1. The first-order valence-electron chi connectivity index (χ1n) is 7.51. The third-order valence-electron chi connectivity index (χ3n) is 3.80. The van der Waals surface area contributed by atoms with Crippen LogP contribution in [0.3, 0.4) is 0 Å². The van der Waals surface area contributed by atoms with Crippen molar-refractivity contribution in [2.24, 2.45) is 0 Å². The molecule has 8 heteroatoms. The fourth-order valence-electron chi connectivity index (χ4n) is 2.50. The van der Waals surface area contributed by atoms with Crippen LogP contribution in [-0.4, -0.2) is 25.1 Å². The van der Waals surface area contributed by atoms with Crippen molar-refractivity contribution in [2.45, 2.75) is 6.92 Å². The zero-order valence-corrected chi connectivity index (χ0v) is 13.2. The summed E-state index contributed by atoms with van der Waals surface area (Å²) in [6.45, 7) is 1.95. The van der Waals surface area contributed by atoms with Crippen LogP contribution in [0.2, 0.25) is 0 Å². The highest BCUT2D eigenvalue weighted by Crippen LogP contribution is 2.27. The molecule has 2 heterocycles. The van der Waals surface area contributed by atoms with Crippen molar-refractivity contribution in [2.75, 3.05) is 5.73 Å². The molecule has 0 fully saturated rings. The summed E-state index contributed by atoms with van der Waals surface area (Å²) in [7, 11) is 0. The Kier molecular flexibility index (Phi) is 3.50. The molecule has 0 aliphatic heterocycles. The van der Waals surface area contributed by atoms with Gasteiger partial charge in [0.15, 0.2) is 11.5 Å². The fraction of sp³-hybridized carbons (Fsp3) is 0.0588. The van der Waals surface area contributed by atoms with Gasteiger partial charge in [-0.25, -0.2) is 4.39 Å². The van der Waals surface area contributed by atoms with Crippen molar-refractivity contribution in [3.8, 4) is 28.7 Å². The second-order valence-electron chi connectivity index (χ2n) is 5.42. The van der Waals surface area contributed by atoms with Crippen LogP contribution in [0.15, 0.2) is 53.1 Å². The van der Waals surface area contributed by atoms with Gasteiger partial charge in [0, 0.05) is 5.56 Å². The predicted octanol–water partition coefficient (Wildman–Crippen LogP) is 3.01. The molecule has 4 rings (SSSR count). The SMILES string of the molecule is Cc1ccccc1-c1noc(-c2nnn(-c3ccccc3F)c2N)n1. The van der Waals surface area contributed by atoms with Crippen LogP contribution in [0, 0.1) is 12.7 Å². The summed E-state index contributed by atoms with van der Waals surface area (Å²) in [6, 6.07) is 13.8. The molecule has 0 spiro atoms. The number of halogens is 1. The highest BCUT2D eigenvalue weighted by Gasteiger charge is 2.21. The lowest BCUT2D eigenvalue weighted by Gasteiger charge is -2.03. The van der Waals surface area contributed by atoms with E-state index >= 15 is 0 Å². The topological polar surface area (TPSA) is 95.7 Å².